The van der Waals surface area contributed by atoms with Gasteiger partial charge in [0.1, 0.15) is 17.7 Å². The third kappa shape index (κ3) is 7.25. The van der Waals surface area contributed by atoms with Crippen LogP contribution < -0.4 is 10.6 Å². The lowest BCUT2D eigenvalue weighted by molar-refractivity contribution is -0.140. The molecule has 3 amide bonds. The van der Waals surface area contributed by atoms with Gasteiger partial charge in [0.25, 0.3) is 0 Å². The molecular formula is C25H41N3O6. The van der Waals surface area contributed by atoms with Crippen LogP contribution in [0.2, 0.25) is 0 Å². The summed E-state index contributed by atoms with van der Waals surface area (Å²) in [5.41, 5.74) is -0.848. The number of carbonyl (C=O) groups is 4. The topological polar surface area (TPSA) is 117 Å². The van der Waals surface area contributed by atoms with Crippen molar-refractivity contribution in [3.8, 4) is 0 Å². The van der Waals surface area contributed by atoms with Crippen LogP contribution in [0.4, 0.5) is 0 Å². The number of nitrogens with one attached hydrogen (secondary N) is 2. The Labute approximate surface area is 202 Å². The molecule has 3 saturated heterocycles. The highest BCUT2D eigenvalue weighted by Gasteiger charge is 2.50. The van der Waals surface area contributed by atoms with E-state index in [2.05, 4.69) is 10.6 Å². The summed E-state index contributed by atoms with van der Waals surface area (Å²) in [6.45, 7) is 7.14. The first-order valence-electron chi connectivity index (χ1n) is 12.9. The number of carbonyl (C=O) groups excluding carboxylic acids is 4. The molecule has 192 valence electrons. The van der Waals surface area contributed by atoms with Crippen LogP contribution in [-0.4, -0.2) is 78.5 Å². The summed E-state index contributed by atoms with van der Waals surface area (Å²) in [4.78, 5) is 53.7. The number of ether oxygens (including phenoxy) is 2. The minimum atomic E-state index is -0.939. The van der Waals surface area contributed by atoms with Crippen molar-refractivity contribution in [1.29, 1.82) is 0 Å². The van der Waals surface area contributed by atoms with Crippen LogP contribution in [0.25, 0.3) is 0 Å². The van der Waals surface area contributed by atoms with E-state index >= 15 is 0 Å². The summed E-state index contributed by atoms with van der Waals surface area (Å²) < 4.78 is 11.1. The fraction of sp³-hybridized carbons (Fsp3) is 0.840. The van der Waals surface area contributed by atoms with Gasteiger partial charge in [0.05, 0.1) is 19.3 Å². The normalized spacial score (nSPS) is 30.1. The quantitative estimate of drug-likeness (QED) is 0.560. The number of epoxide rings is 1. The molecular weight excluding hydrogens is 438 g/mol. The molecule has 9 heteroatoms. The summed E-state index contributed by atoms with van der Waals surface area (Å²) in [6.07, 6.45) is 6.96. The lowest BCUT2D eigenvalue weighted by Crippen LogP contribution is -2.57. The molecule has 0 bridgehead atoms. The van der Waals surface area contributed by atoms with Gasteiger partial charge in [0.15, 0.2) is 5.78 Å². The molecule has 9 nitrogen and oxygen atoms in total. The standard InChI is InChI=1S/C25H41N3O6/c1-17(2)14-18(22(30)25(3)16-34-25)26-23(31)19-15-33-13-8-6-4-5-7-11-21(29)28-12-9-10-20(28)24(32)27-19/h17-20H,4-16H2,1-3H3,(H,26,31)(H,27,32)/t18-,19-,20-,25+/m0/s1. The third-order valence-electron chi connectivity index (χ3n) is 6.91. The van der Waals surface area contributed by atoms with Gasteiger partial charge in [-0.1, -0.05) is 33.1 Å². The van der Waals surface area contributed by atoms with Gasteiger partial charge in [-0.15, -0.1) is 0 Å². The van der Waals surface area contributed by atoms with Crippen LogP contribution in [-0.2, 0) is 28.7 Å². The van der Waals surface area contributed by atoms with Gasteiger partial charge in [-0.25, -0.2) is 0 Å². The largest absolute Gasteiger partial charge is 0.379 e. The average Bonchev–Trinajstić information content (AvgIpc) is 3.34. The zero-order valence-electron chi connectivity index (χ0n) is 20.9. The number of amides is 3. The predicted molar refractivity (Wildman–Crippen MR) is 126 cm³/mol. The predicted octanol–water partition coefficient (Wildman–Crippen LogP) is 1.72. The number of hydrogen-bond acceptors (Lipinski definition) is 6. The summed E-state index contributed by atoms with van der Waals surface area (Å²) in [6, 6.07) is -2.21. The van der Waals surface area contributed by atoms with Crippen molar-refractivity contribution in [2.75, 3.05) is 26.4 Å². The highest BCUT2D eigenvalue weighted by atomic mass is 16.6. The molecule has 0 unspecified atom stereocenters. The molecule has 0 aliphatic carbocycles. The molecule has 0 aromatic rings. The zero-order chi connectivity index (χ0) is 24.7. The lowest BCUT2D eigenvalue weighted by atomic mass is 9.93. The van der Waals surface area contributed by atoms with Crippen LogP contribution >= 0.6 is 0 Å². The van der Waals surface area contributed by atoms with E-state index in [9.17, 15) is 19.2 Å². The van der Waals surface area contributed by atoms with Crippen LogP contribution in [0.1, 0.15) is 78.6 Å². The molecule has 0 saturated carbocycles. The molecule has 2 N–H and O–H groups in total. The Kier molecular flexibility index (Phi) is 9.47. The first kappa shape index (κ1) is 26.6. The van der Waals surface area contributed by atoms with E-state index in [4.69, 9.17) is 9.47 Å². The molecule has 0 radical (unpaired) electrons. The minimum absolute atomic E-state index is 0.00467. The molecule has 4 atom stereocenters. The van der Waals surface area contributed by atoms with Gasteiger partial charge in [-0.2, -0.15) is 0 Å². The number of Topliss-reactive ketones (excluding diaryl/α,β-unsaturated/α-hetero) is 1. The van der Waals surface area contributed by atoms with Gasteiger partial charge in [-0.05, 0) is 44.9 Å². The summed E-state index contributed by atoms with van der Waals surface area (Å²) in [5.74, 6) is -0.740. The van der Waals surface area contributed by atoms with Crippen LogP contribution in [0, 0.1) is 5.92 Å². The Morgan fingerprint density at radius 3 is 2.56 bits per heavy atom. The Bertz CT molecular complexity index is 751. The van der Waals surface area contributed by atoms with E-state index in [0.29, 0.717) is 39.0 Å². The Balaban J connectivity index is 1.71. The molecule has 3 aliphatic heterocycles. The van der Waals surface area contributed by atoms with E-state index in [0.717, 1.165) is 38.5 Å². The monoisotopic (exact) mass is 479 g/mol. The number of nitrogens with zero attached hydrogens (tertiary/aromatic N) is 1. The molecule has 3 aliphatic rings. The van der Waals surface area contributed by atoms with Crippen molar-refractivity contribution >= 4 is 23.5 Å². The second-order valence-corrected chi connectivity index (χ2v) is 10.5. The number of ketones is 1. The van der Waals surface area contributed by atoms with Crippen molar-refractivity contribution in [2.24, 2.45) is 5.92 Å². The van der Waals surface area contributed by atoms with Crippen molar-refractivity contribution < 1.29 is 28.7 Å². The van der Waals surface area contributed by atoms with Crippen molar-refractivity contribution in [1.82, 2.24) is 15.5 Å². The van der Waals surface area contributed by atoms with E-state index < -0.39 is 29.6 Å². The van der Waals surface area contributed by atoms with Crippen molar-refractivity contribution in [3.05, 3.63) is 0 Å². The van der Waals surface area contributed by atoms with Gasteiger partial charge in [-0.3, -0.25) is 19.2 Å². The van der Waals surface area contributed by atoms with E-state index in [1.807, 2.05) is 13.8 Å². The van der Waals surface area contributed by atoms with Gasteiger partial charge in [0, 0.05) is 19.6 Å². The summed E-state index contributed by atoms with van der Waals surface area (Å²) >= 11 is 0. The third-order valence-corrected chi connectivity index (χ3v) is 6.91. The highest BCUT2D eigenvalue weighted by Crippen LogP contribution is 2.29. The first-order valence-corrected chi connectivity index (χ1v) is 12.9. The summed E-state index contributed by atoms with van der Waals surface area (Å²) in [5, 5.41) is 5.67. The molecule has 3 rings (SSSR count). The Morgan fingerprint density at radius 1 is 1.15 bits per heavy atom. The second-order valence-electron chi connectivity index (χ2n) is 10.5. The fourth-order valence-electron chi connectivity index (χ4n) is 4.74. The van der Waals surface area contributed by atoms with Crippen molar-refractivity contribution in [3.63, 3.8) is 0 Å². The number of fused-ring (bicyclic) bond motifs is 1. The second kappa shape index (κ2) is 12.1. The van der Waals surface area contributed by atoms with Gasteiger partial charge >= 0.3 is 0 Å². The van der Waals surface area contributed by atoms with Gasteiger partial charge in [0.2, 0.25) is 17.7 Å². The van der Waals surface area contributed by atoms with Crippen LogP contribution in [0.5, 0.6) is 0 Å². The maximum atomic E-state index is 13.3. The fourth-order valence-corrected chi connectivity index (χ4v) is 4.74. The maximum absolute atomic E-state index is 13.3. The molecule has 3 heterocycles. The molecule has 0 aromatic carbocycles. The Hall–Kier alpha value is -2.00. The van der Waals surface area contributed by atoms with E-state index in [-0.39, 0.29) is 30.1 Å². The number of hydrogen-bond donors (Lipinski definition) is 2. The first-order chi connectivity index (χ1) is 16.2. The maximum Gasteiger partial charge on any atom is 0.245 e. The Morgan fingerprint density at radius 2 is 1.85 bits per heavy atom. The zero-order valence-corrected chi connectivity index (χ0v) is 20.9. The molecule has 34 heavy (non-hydrogen) atoms. The van der Waals surface area contributed by atoms with E-state index in [1.165, 1.54) is 0 Å². The van der Waals surface area contributed by atoms with Gasteiger partial charge < -0.3 is 25.0 Å². The minimum Gasteiger partial charge on any atom is -0.379 e. The van der Waals surface area contributed by atoms with Crippen molar-refractivity contribution in [2.45, 2.75) is 102 Å². The van der Waals surface area contributed by atoms with Crippen LogP contribution in [0.3, 0.4) is 0 Å². The molecule has 0 aromatic heterocycles. The molecule has 3 fully saturated rings. The smallest absolute Gasteiger partial charge is 0.245 e. The average molecular weight is 480 g/mol. The van der Waals surface area contributed by atoms with Crippen LogP contribution in [0.15, 0.2) is 0 Å². The molecule has 0 spiro atoms. The highest BCUT2D eigenvalue weighted by molar-refractivity contribution is 5.98. The van der Waals surface area contributed by atoms with E-state index in [1.54, 1.807) is 11.8 Å². The lowest BCUT2D eigenvalue weighted by Gasteiger charge is -2.28. The summed E-state index contributed by atoms with van der Waals surface area (Å²) in [7, 11) is 0. The number of rotatable bonds is 6. The SMILES string of the molecule is CC(C)C[C@H](NC(=O)[C@@H]1COCCCCCCCC(=O)N2CCC[C@H]2C(=O)N1)C(=O)[C@@]1(C)CO1.